The van der Waals surface area contributed by atoms with E-state index < -0.39 is 17.9 Å². The molecule has 1 rings (SSSR count). The highest BCUT2D eigenvalue weighted by Crippen LogP contribution is 2.23. The van der Waals surface area contributed by atoms with E-state index in [1.165, 1.54) is 12.1 Å². The van der Waals surface area contributed by atoms with E-state index in [1.807, 2.05) is 6.92 Å². The third kappa shape index (κ3) is 4.87. The van der Waals surface area contributed by atoms with E-state index in [-0.39, 0.29) is 18.1 Å². The molecular formula is C13H17NO5. The molecule has 0 aliphatic rings. The SMILES string of the molecule is CCCC(NC(=O)COc1ccccc1O)C(=O)O. The van der Waals surface area contributed by atoms with Crippen LogP contribution < -0.4 is 10.1 Å². The normalized spacial score (nSPS) is 11.6. The molecule has 1 unspecified atom stereocenters. The second kappa shape index (κ2) is 7.25. The number of carboxylic acid groups (broad SMARTS) is 1. The summed E-state index contributed by atoms with van der Waals surface area (Å²) >= 11 is 0. The van der Waals surface area contributed by atoms with Gasteiger partial charge in [-0.3, -0.25) is 4.79 Å². The molecule has 0 saturated carbocycles. The average molecular weight is 267 g/mol. The van der Waals surface area contributed by atoms with Gasteiger partial charge in [0, 0.05) is 0 Å². The van der Waals surface area contributed by atoms with Crippen molar-refractivity contribution in [3.63, 3.8) is 0 Å². The van der Waals surface area contributed by atoms with Crippen LogP contribution in [-0.4, -0.2) is 34.7 Å². The molecule has 0 bridgehead atoms. The van der Waals surface area contributed by atoms with Crippen molar-refractivity contribution in [1.29, 1.82) is 0 Å². The van der Waals surface area contributed by atoms with E-state index in [0.717, 1.165) is 0 Å². The molecule has 104 valence electrons. The Morgan fingerprint density at radius 1 is 1.37 bits per heavy atom. The number of hydrogen-bond donors (Lipinski definition) is 3. The van der Waals surface area contributed by atoms with Gasteiger partial charge in [0.25, 0.3) is 5.91 Å². The maximum Gasteiger partial charge on any atom is 0.326 e. The number of aromatic hydroxyl groups is 1. The van der Waals surface area contributed by atoms with Crippen molar-refractivity contribution in [2.45, 2.75) is 25.8 Å². The van der Waals surface area contributed by atoms with Crippen LogP contribution in [0.25, 0.3) is 0 Å². The Morgan fingerprint density at radius 2 is 2.05 bits per heavy atom. The number of phenols is 1. The molecule has 0 radical (unpaired) electrons. The molecule has 3 N–H and O–H groups in total. The van der Waals surface area contributed by atoms with E-state index in [4.69, 9.17) is 9.84 Å². The Hall–Kier alpha value is -2.24. The number of para-hydroxylation sites is 2. The maximum absolute atomic E-state index is 11.5. The lowest BCUT2D eigenvalue weighted by molar-refractivity contribution is -0.142. The van der Waals surface area contributed by atoms with Crippen LogP contribution in [0.15, 0.2) is 24.3 Å². The summed E-state index contributed by atoms with van der Waals surface area (Å²) in [5, 5.41) is 20.7. The minimum absolute atomic E-state index is 0.0707. The van der Waals surface area contributed by atoms with Gasteiger partial charge in [-0.15, -0.1) is 0 Å². The minimum atomic E-state index is -1.07. The van der Waals surface area contributed by atoms with Gasteiger partial charge >= 0.3 is 5.97 Å². The lowest BCUT2D eigenvalue weighted by Gasteiger charge is -2.14. The topological polar surface area (TPSA) is 95.9 Å². The van der Waals surface area contributed by atoms with Crippen molar-refractivity contribution in [1.82, 2.24) is 5.32 Å². The van der Waals surface area contributed by atoms with Gasteiger partial charge in [0.15, 0.2) is 18.1 Å². The summed E-state index contributed by atoms with van der Waals surface area (Å²) in [5.41, 5.74) is 0. The Bertz CT molecular complexity index is 446. The third-order valence-corrected chi connectivity index (χ3v) is 2.43. The molecule has 0 spiro atoms. The number of ether oxygens (including phenoxy) is 1. The highest BCUT2D eigenvalue weighted by atomic mass is 16.5. The van der Waals surface area contributed by atoms with Crippen molar-refractivity contribution in [3.05, 3.63) is 24.3 Å². The average Bonchev–Trinajstić information content (AvgIpc) is 2.37. The number of phenolic OH excluding ortho intramolecular Hbond substituents is 1. The zero-order valence-electron chi connectivity index (χ0n) is 10.6. The number of carboxylic acids is 1. The molecule has 0 aliphatic heterocycles. The molecule has 0 fully saturated rings. The summed E-state index contributed by atoms with van der Waals surface area (Å²) in [4.78, 5) is 22.4. The molecule has 1 aromatic carbocycles. The van der Waals surface area contributed by atoms with Crippen molar-refractivity contribution >= 4 is 11.9 Å². The minimum Gasteiger partial charge on any atom is -0.504 e. The van der Waals surface area contributed by atoms with E-state index in [9.17, 15) is 14.7 Å². The van der Waals surface area contributed by atoms with Crippen molar-refractivity contribution in [2.24, 2.45) is 0 Å². The van der Waals surface area contributed by atoms with Gasteiger partial charge in [0.05, 0.1) is 0 Å². The van der Waals surface area contributed by atoms with Gasteiger partial charge in [0.2, 0.25) is 0 Å². The lowest BCUT2D eigenvalue weighted by atomic mass is 10.2. The first-order valence-corrected chi connectivity index (χ1v) is 5.97. The van der Waals surface area contributed by atoms with Crippen molar-refractivity contribution in [3.8, 4) is 11.5 Å². The molecule has 0 aromatic heterocycles. The van der Waals surface area contributed by atoms with Gasteiger partial charge in [-0.25, -0.2) is 4.79 Å². The van der Waals surface area contributed by atoms with Crippen LogP contribution in [0.3, 0.4) is 0 Å². The molecule has 1 aromatic rings. The predicted octanol–water partition coefficient (Wildman–Crippen LogP) is 1.14. The summed E-state index contributed by atoms with van der Waals surface area (Å²) in [6.45, 7) is 1.49. The number of amides is 1. The Morgan fingerprint density at radius 3 is 2.63 bits per heavy atom. The molecule has 1 atom stereocenters. The summed E-state index contributed by atoms with van der Waals surface area (Å²) in [5.74, 6) is -1.50. The second-order valence-electron chi connectivity index (χ2n) is 4.00. The number of hydrogen-bond acceptors (Lipinski definition) is 4. The fraction of sp³-hybridized carbons (Fsp3) is 0.385. The predicted molar refractivity (Wildman–Crippen MR) is 68.1 cm³/mol. The van der Waals surface area contributed by atoms with E-state index >= 15 is 0 Å². The monoisotopic (exact) mass is 267 g/mol. The zero-order valence-corrected chi connectivity index (χ0v) is 10.6. The quantitative estimate of drug-likeness (QED) is 0.688. The first kappa shape index (κ1) is 14.8. The van der Waals surface area contributed by atoms with E-state index in [1.54, 1.807) is 12.1 Å². The number of rotatable bonds is 7. The van der Waals surface area contributed by atoms with Gasteiger partial charge < -0.3 is 20.3 Å². The smallest absolute Gasteiger partial charge is 0.326 e. The Kier molecular flexibility index (Phi) is 5.66. The van der Waals surface area contributed by atoms with Gasteiger partial charge in [-0.05, 0) is 18.6 Å². The van der Waals surface area contributed by atoms with Crippen LogP contribution in [0.1, 0.15) is 19.8 Å². The van der Waals surface area contributed by atoms with Gasteiger partial charge in [-0.2, -0.15) is 0 Å². The lowest BCUT2D eigenvalue weighted by Crippen LogP contribution is -2.42. The number of carbonyl (C=O) groups is 2. The highest BCUT2D eigenvalue weighted by Gasteiger charge is 2.19. The summed E-state index contributed by atoms with van der Waals surface area (Å²) in [6, 6.07) is 5.33. The van der Waals surface area contributed by atoms with E-state index in [0.29, 0.717) is 12.8 Å². The van der Waals surface area contributed by atoms with Crippen molar-refractivity contribution < 1.29 is 24.5 Å². The molecule has 0 aliphatic carbocycles. The highest BCUT2D eigenvalue weighted by molar-refractivity contribution is 5.84. The molecule has 0 saturated heterocycles. The zero-order chi connectivity index (χ0) is 14.3. The Balaban J connectivity index is 2.47. The van der Waals surface area contributed by atoms with Crippen LogP contribution in [0, 0.1) is 0 Å². The number of benzene rings is 1. The Labute approximate surface area is 111 Å². The molecule has 0 heterocycles. The second-order valence-corrected chi connectivity index (χ2v) is 4.00. The molecule has 6 heteroatoms. The van der Waals surface area contributed by atoms with Gasteiger partial charge in [-0.1, -0.05) is 25.5 Å². The standard InChI is InChI=1S/C13H17NO5/c1-2-5-9(13(17)18)14-12(16)8-19-11-7-4-3-6-10(11)15/h3-4,6-7,9,15H,2,5,8H2,1H3,(H,14,16)(H,17,18). The fourth-order valence-corrected chi connectivity index (χ4v) is 1.50. The summed E-state index contributed by atoms with van der Waals surface area (Å²) in [6.07, 6.45) is 1.01. The van der Waals surface area contributed by atoms with Crippen molar-refractivity contribution in [2.75, 3.05) is 6.61 Å². The third-order valence-electron chi connectivity index (χ3n) is 2.43. The fourth-order valence-electron chi connectivity index (χ4n) is 1.50. The van der Waals surface area contributed by atoms with Crippen LogP contribution >= 0.6 is 0 Å². The molecule has 6 nitrogen and oxygen atoms in total. The maximum atomic E-state index is 11.5. The van der Waals surface area contributed by atoms with Crippen LogP contribution in [-0.2, 0) is 9.59 Å². The van der Waals surface area contributed by atoms with Crippen LogP contribution in [0.2, 0.25) is 0 Å². The summed E-state index contributed by atoms with van der Waals surface area (Å²) in [7, 11) is 0. The van der Waals surface area contributed by atoms with E-state index in [2.05, 4.69) is 5.32 Å². The van der Waals surface area contributed by atoms with Crippen LogP contribution in [0.4, 0.5) is 0 Å². The van der Waals surface area contributed by atoms with Crippen LogP contribution in [0.5, 0.6) is 11.5 Å². The molecule has 19 heavy (non-hydrogen) atoms. The number of nitrogens with one attached hydrogen (secondary N) is 1. The summed E-state index contributed by atoms with van der Waals surface area (Å²) < 4.78 is 5.10. The molecular weight excluding hydrogens is 250 g/mol. The van der Waals surface area contributed by atoms with Gasteiger partial charge in [0.1, 0.15) is 6.04 Å². The number of carbonyl (C=O) groups excluding carboxylic acids is 1. The largest absolute Gasteiger partial charge is 0.504 e. The number of aliphatic carboxylic acids is 1. The first-order chi connectivity index (χ1) is 9.04. The first-order valence-electron chi connectivity index (χ1n) is 5.97. The molecule has 1 amide bonds.